The molecule has 0 spiro atoms. The molecule has 1 unspecified atom stereocenters. The van der Waals surface area contributed by atoms with Gasteiger partial charge in [-0.05, 0) is 42.9 Å². The molecule has 2 nitrogen and oxygen atoms in total. The summed E-state index contributed by atoms with van der Waals surface area (Å²) in [6.07, 6.45) is 3.20. The van der Waals surface area contributed by atoms with Crippen molar-refractivity contribution in [3.05, 3.63) is 35.6 Å². The molecule has 2 N–H and O–H groups in total. The van der Waals surface area contributed by atoms with Crippen molar-refractivity contribution < 1.29 is 4.39 Å². The fraction of sp³-hybridized carbons (Fsp3) is 0.667. The van der Waals surface area contributed by atoms with Gasteiger partial charge in [0, 0.05) is 25.2 Å². The molecule has 0 aliphatic carbocycles. The topological polar surface area (TPSA) is 29.3 Å². The van der Waals surface area contributed by atoms with E-state index in [1.807, 2.05) is 6.07 Å². The van der Waals surface area contributed by atoms with Gasteiger partial charge in [0.1, 0.15) is 5.82 Å². The normalized spacial score (nSPS) is 13.4. The Balaban J connectivity index is 2.62. The fourth-order valence-electron chi connectivity index (χ4n) is 2.91. The van der Waals surface area contributed by atoms with Crippen LogP contribution in [-0.4, -0.2) is 24.0 Å². The lowest BCUT2D eigenvalue weighted by Crippen LogP contribution is -2.39. The van der Waals surface area contributed by atoms with Crippen LogP contribution in [-0.2, 0) is 0 Å². The Morgan fingerprint density at radius 1 is 1.19 bits per heavy atom. The second kappa shape index (κ2) is 9.16. The molecular formula is C18H31FN2. The van der Waals surface area contributed by atoms with Crippen molar-refractivity contribution in [3.63, 3.8) is 0 Å². The first-order valence-corrected chi connectivity index (χ1v) is 8.22. The third-order valence-electron chi connectivity index (χ3n) is 4.06. The predicted molar refractivity (Wildman–Crippen MR) is 88.7 cm³/mol. The summed E-state index contributed by atoms with van der Waals surface area (Å²) in [7, 11) is 0. The number of rotatable bonds is 9. The van der Waals surface area contributed by atoms with Crippen LogP contribution in [0.2, 0.25) is 0 Å². The van der Waals surface area contributed by atoms with Crippen molar-refractivity contribution in [3.8, 4) is 0 Å². The summed E-state index contributed by atoms with van der Waals surface area (Å²) in [6.45, 7) is 11.1. The van der Waals surface area contributed by atoms with Crippen LogP contribution in [0.5, 0.6) is 0 Å². The largest absolute Gasteiger partial charge is 0.324 e. The van der Waals surface area contributed by atoms with E-state index in [1.165, 1.54) is 18.9 Å². The van der Waals surface area contributed by atoms with Gasteiger partial charge in [0.15, 0.2) is 0 Å². The van der Waals surface area contributed by atoms with Crippen LogP contribution < -0.4 is 5.73 Å². The Kier molecular flexibility index (Phi) is 7.91. The van der Waals surface area contributed by atoms with E-state index in [0.717, 1.165) is 25.1 Å². The summed E-state index contributed by atoms with van der Waals surface area (Å²) in [5.41, 5.74) is 7.13. The van der Waals surface area contributed by atoms with Gasteiger partial charge in [-0.1, -0.05) is 39.8 Å². The molecule has 1 atom stereocenters. The Morgan fingerprint density at radius 2 is 1.86 bits per heavy atom. The van der Waals surface area contributed by atoms with Crippen LogP contribution in [0.25, 0.3) is 0 Å². The number of halogens is 1. The van der Waals surface area contributed by atoms with E-state index in [4.69, 9.17) is 5.73 Å². The standard InChI is InChI=1S/C18H31FN2/c1-5-17(6-2)21(13-14(3)4)11-10-18(20)15-8-7-9-16(19)12-15/h7-9,12,14,17-18H,5-6,10-11,13,20H2,1-4H3. The molecule has 0 heterocycles. The van der Waals surface area contributed by atoms with Crippen LogP contribution in [0.15, 0.2) is 24.3 Å². The van der Waals surface area contributed by atoms with Gasteiger partial charge in [0.05, 0.1) is 0 Å². The van der Waals surface area contributed by atoms with Gasteiger partial charge in [-0.25, -0.2) is 4.39 Å². The third kappa shape index (κ3) is 6.15. The minimum atomic E-state index is -0.207. The van der Waals surface area contributed by atoms with Crippen LogP contribution in [0.1, 0.15) is 58.6 Å². The molecule has 0 fully saturated rings. The first kappa shape index (κ1) is 18.1. The van der Waals surface area contributed by atoms with Crippen LogP contribution in [0.4, 0.5) is 4.39 Å². The second-order valence-corrected chi connectivity index (χ2v) is 6.31. The zero-order chi connectivity index (χ0) is 15.8. The lowest BCUT2D eigenvalue weighted by atomic mass is 10.0. The zero-order valence-corrected chi connectivity index (χ0v) is 14.0. The average Bonchev–Trinajstić information content (AvgIpc) is 2.45. The molecule has 0 bridgehead atoms. The van der Waals surface area contributed by atoms with E-state index in [-0.39, 0.29) is 11.9 Å². The second-order valence-electron chi connectivity index (χ2n) is 6.31. The molecule has 0 radical (unpaired) electrons. The quantitative estimate of drug-likeness (QED) is 0.733. The number of nitrogens with two attached hydrogens (primary N) is 1. The highest BCUT2D eigenvalue weighted by molar-refractivity contribution is 5.19. The Morgan fingerprint density at radius 3 is 2.38 bits per heavy atom. The summed E-state index contributed by atoms with van der Waals surface area (Å²) in [4.78, 5) is 2.55. The Labute approximate surface area is 129 Å². The Hall–Kier alpha value is -0.930. The van der Waals surface area contributed by atoms with E-state index in [9.17, 15) is 4.39 Å². The van der Waals surface area contributed by atoms with Gasteiger partial charge < -0.3 is 10.6 Å². The highest BCUT2D eigenvalue weighted by Gasteiger charge is 2.17. The van der Waals surface area contributed by atoms with Crippen LogP contribution in [0, 0.1) is 11.7 Å². The molecule has 0 aliphatic heterocycles. The molecule has 21 heavy (non-hydrogen) atoms. The molecule has 1 rings (SSSR count). The lowest BCUT2D eigenvalue weighted by molar-refractivity contribution is 0.160. The number of benzene rings is 1. The maximum absolute atomic E-state index is 13.3. The van der Waals surface area contributed by atoms with E-state index < -0.39 is 0 Å². The SMILES string of the molecule is CCC(CC)N(CCC(N)c1cccc(F)c1)CC(C)C. The lowest BCUT2D eigenvalue weighted by Gasteiger charge is -2.32. The molecule has 1 aromatic carbocycles. The van der Waals surface area contributed by atoms with Crippen molar-refractivity contribution in [2.24, 2.45) is 11.7 Å². The predicted octanol–water partition coefficient (Wildman–Crippen LogP) is 4.36. The maximum Gasteiger partial charge on any atom is 0.123 e. The van der Waals surface area contributed by atoms with Gasteiger partial charge in [-0.2, -0.15) is 0 Å². The summed E-state index contributed by atoms with van der Waals surface area (Å²) >= 11 is 0. The van der Waals surface area contributed by atoms with Crippen LogP contribution in [0.3, 0.4) is 0 Å². The monoisotopic (exact) mass is 294 g/mol. The number of hydrogen-bond donors (Lipinski definition) is 1. The van der Waals surface area contributed by atoms with Crippen molar-refractivity contribution in [2.45, 2.75) is 59.0 Å². The molecule has 0 saturated heterocycles. The highest BCUT2D eigenvalue weighted by Crippen LogP contribution is 2.18. The smallest absolute Gasteiger partial charge is 0.123 e. The van der Waals surface area contributed by atoms with Gasteiger partial charge in [0.25, 0.3) is 0 Å². The van der Waals surface area contributed by atoms with Gasteiger partial charge in [-0.15, -0.1) is 0 Å². The number of hydrogen-bond acceptors (Lipinski definition) is 2. The summed E-state index contributed by atoms with van der Waals surface area (Å²) in [6, 6.07) is 7.19. The molecule has 1 aromatic rings. The maximum atomic E-state index is 13.3. The summed E-state index contributed by atoms with van der Waals surface area (Å²) in [5.74, 6) is 0.443. The highest BCUT2D eigenvalue weighted by atomic mass is 19.1. The molecule has 0 aromatic heterocycles. The summed E-state index contributed by atoms with van der Waals surface area (Å²) in [5, 5.41) is 0. The zero-order valence-electron chi connectivity index (χ0n) is 14.0. The van der Waals surface area contributed by atoms with E-state index in [2.05, 4.69) is 32.6 Å². The third-order valence-corrected chi connectivity index (χ3v) is 4.06. The van der Waals surface area contributed by atoms with E-state index in [0.29, 0.717) is 12.0 Å². The van der Waals surface area contributed by atoms with E-state index >= 15 is 0 Å². The summed E-state index contributed by atoms with van der Waals surface area (Å²) < 4.78 is 13.3. The first-order chi connectivity index (χ1) is 9.97. The minimum Gasteiger partial charge on any atom is -0.324 e. The molecular weight excluding hydrogens is 263 g/mol. The molecule has 0 amide bonds. The van der Waals surface area contributed by atoms with Gasteiger partial charge >= 0.3 is 0 Å². The van der Waals surface area contributed by atoms with Crippen molar-refractivity contribution >= 4 is 0 Å². The van der Waals surface area contributed by atoms with E-state index in [1.54, 1.807) is 12.1 Å². The van der Waals surface area contributed by atoms with Gasteiger partial charge in [-0.3, -0.25) is 0 Å². The molecule has 3 heteroatoms. The molecule has 0 aliphatic rings. The molecule has 0 saturated carbocycles. The minimum absolute atomic E-state index is 0.0928. The van der Waals surface area contributed by atoms with Crippen LogP contribution >= 0.6 is 0 Å². The van der Waals surface area contributed by atoms with Crippen molar-refractivity contribution in [2.75, 3.05) is 13.1 Å². The average molecular weight is 294 g/mol. The van der Waals surface area contributed by atoms with Gasteiger partial charge in [0.2, 0.25) is 0 Å². The molecule has 120 valence electrons. The van der Waals surface area contributed by atoms with Crippen molar-refractivity contribution in [1.29, 1.82) is 0 Å². The number of nitrogens with zero attached hydrogens (tertiary/aromatic N) is 1. The first-order valence-electron chi connectivity index (χ1n) is 8.22. The van der Waals surface area contributed by atoms with Crippen molar-refractivity contribution in [1.82, 2.24) is 4.90 Å². The fourth-order valence-corrected chi connectivity index (χ4v) is 2.91. The Bertz CT molecular complexity index is 402.